The summed E-state index contributed by atoms with van der Waals surface area (Å²) in [5.74, 6) is 0.465. The molecule has 0 unspecified atom stereocenters. The van der Waals surface area contributed by atoms with Gasteiger partial charge < -0.3 is 10.6 Å². The molecule has 0 amide bonds. The molecule has 3 rings (SSSR count). The number of pyridine rings is 1. The Kier molecular flexibility index (Phi) is 2.21. The van der Waals surface area contributed by atoms with Crippen LogP contribution in [0.3, 0.4) is 0 Å². The van der Waals surface area contributed by atoms with Gasteiger partial charge in [0.2, 0.25) is 0 Å². The van der Waals surface area contributed by atoms with E-state index >= 15 is 0 Å². The Bertz CT molecular complexity index is 551. The number of aromatic nitrogens is 1. The number of halogens is 1. The van der Waals surface area contributed by atoms with Crippen LogP contribution in [0.25, 0.3) is 0 Å². The van der Waals surface area contributed by atoms with E-state index in [9.17, 15) is 4.39 Å². The van der Waals surface area contributed by atoms with Gasteiger partial charge in [0.1, 0.15) is 11.6 Å². The average molecular weight is 229 g/mol. The quantitative estimate of drug-likeness (QED) is 0.763. The predicted molar refractivity (Wildman–Crippen MR) is 64.9 cm³/mol. The van der Waals surface area contributed by atoms with Gasteiger partial charge in [-0.15, -0.1) is 0 Å². The minimum Gasteiger partial charge on any atom is -0.398 e. The molecule has 0 saturated heterocycles. The maximum absolute atomic E-state index is 12.8. The van der Waals surface area contributed by atoms with Gasteiger partial charge >= 0.3 is 0 Å². The van der Waals surface area contributed by atoms with Crippen LogP contribution in [-0.4, -0.2) is 4.98 Å². The number of rotatable bonds is 1. The third kappa shape index (κ3) is 1.71. The van der Waals surface area contributed by atoms with E-state index in [0.29, 0.717) is 0 Å². The smallest absolute Gasteiger partial charge is 0.141 e. The first kappa shape index (κ1) is 10.1. The van der Waals surface area contributed by atoms with E-state index in [-0.39, 0.29) is 5.82 Å². The zero-order valence-corrected chi connectivity index (χ0v) is 9.23. The summed E-state index contributed by atoms with van der Waals surface area (Å²) in [5, 5.41) is 0. The van der Waals surface area contributed by atoms with Crippen molar-refractivity contribution in [2.45, 2.75) is 13.1 Å². The first-order chi connectivity index (χ1) is 8.24. The summed E-state index contributed by atoms with van der Waals surface area (Å²) < 4.78 is 12.8. The normalized spacial score (nSPS) is 13.8. The maximum atomic E-state index is 12.8. The number of benzene rings is 1. The average Bonchev–Trinajstić information content (AvgIpc) is 2.75. The summed E-state index contributed by atoms with van der Waals surface area (Å²) in [6, 6.07) is 9.04. The molecule has 0 fully saturated rings. The molecule has 1 aromatic carbocycles. The molecule has 0 bridgehead atoms. The van der Waals surface area contributed by atoms with Crippen molar-refractivity contribution < 1.29 is 4.39 Å². The van der Waals surface area contributed by atoms with E-state index in [1.807, 2.05) is 12.1 Å². The largest absolute Gasteiger partial charge is 0.398 e. The van der Waals surface area contributed by atoms with Gasteiger partial charge in [0, 0.05) is 18.8 Å². The van der Waals surface area contributed by atoms with Crippen LogP contribution >= 0.6 is 0 Å². The lowest BCUT2D eigenvalue weighted by atomic mass is 10.1. The molecule has 1 aliphatic rings. The molecule has 2 heterocycles. The maximum Gasteiger partial charge on any atom is 0.141 e. The van der Waals surface area contributed by atoms with Crippen LogP contribution in [0.15, 0.2) is 36.5 Å². The molecule has 0 radical (unpaired) electrons. The van der Waals surface area contributed by atoms with Crippen LogP contribution in [0.5, 0.6) is 0 Å². The molecule has 3 nitrogen and oxygen atoms in total. The van der Waals surface area contributed by atoms with Gasteiger partial charge in [-0.25, -0.2) is 9.37 Å². The fraction of sp³-hybridized carbons (Fsp3) is 0.154. The number of hydrogen-bond donors (Lipinski definition) is 1. The minimum atomic E-state index is -0.315. The van der Waals surface area contributed by atoms with Crippen molar-refractivity contribution in [3.63, 3.8) is 0 Å². The first-order valence-electron chi connectivity index (χ1n) is 5.47. The number of hydrogen-bond acceptors (Lipinski definition) is 3. The number of nitrogen functional groups attached to an aromatic ring is 1. The number of nitrogens with zero attached hydrogens (tertiary/aromatic N) is 2. The van der Waals surface area contributed by atoms with Gasteiger partial charge in [-0.05, 0) is 29.3 Å². The number of anilines is 2. The summed E-state index contributed by atoms with van der Waals surface area (Å²) in [7, 11) is 0. The lowest BCUT2D eigenvalue weighted by Crippen LogP contribution is -2.15. The van der Waals surface area contributed by atoms with E-state index in [1.54, 1.807) is 6.07 Å². The zero-order chi connectivity index (χ0) is 11.8. The van der Waals surface area contributed by atoms with Crippen molar-refractivity contribution in [3.05, 3.63) is 53.5 Å². The van der Waals surface area contributed by atoms with Crippen LogP contribution in [-0.2, 0) is 13.1 Å². The lowest BCUT2D eigenvalue weighted by molar-refractivity contribution is 0.620. The Morgan fingerprint density at radius 3 is 2.76 bits per heavy atom. The van der Waals surface area contributed by atoms with E-state index < -0.39 is 0 Å². The molecule has 86 valence electrons. The van der Waals surface area contributed by atoms with E-state index in [2.05, 4.69) is 16.0 Å². The first-order valence-corrected chi connectivity index (χ1v) is 5.47. The fourth-order valence-electron chi connectivity index (χ4n) is 2.16. The molecule has 4 heteroatoms. The highest BCUT2D eigenvalue weighted by atomic mass is 19.1. The molecule has 1 aromatic heterocycles. The van der Waals surface area contributed by atoms with Gasteiger partial charge in [-0.2, -0.15) is 0 Å². The van der Waals surface area contributed by atoms with Crippen molar-refractivity contribution in [2.75, 3.05) is 10.6 Å². The van der Waals surface area contributed by atoms with Gasteiger partial charge in [-0.1, -0.05) is 12.1 Å². The van der Waals surface area contributed by atoms with Gasteiger partial charge in [0.15, 0.2) is 0 Å². The molecular weight excluding hydrogens is 217 g/mol. The Labute approximate surface area is 98.7 Å². The van der Waals surface area contributed by atoms with Crippen molar-refractivity contribution in [2.24, 2.45) is 0 Å². The second-order valence-corrected chi connectivity index (χ2v) is 4.18. The van der Waals surface area contributed by atoms with Crippen molar-refractivity contribution >= 4 is 11.5 Å². The third-order valence-corrected chi connectivity index (χ3v) is 3.06. The molecule has 0 atom stereocenters. The molecular formula is C13H12FN3. The Hall–Kier alpha value is -2.10. The van der Waals surface area contributed by atoms with Gasteiger partial charge in [0.05, 0.1) is 6.20 Å². The SMILES string of the molecule is Nc1cccc2c1CN(c1ccc(F)cn1)C2. The Balaban J connectivity index is 1.91. The van der Waals surface area contributed by atoms with Crippen LogP contribution in [0.2, 0.25) is 0 Å². The third-order valence-electron chi connectivity index (χ3n) is 3.06. The van der Waals surface area contributed by atoms with Crippen molar-refractivity contribution in [3.8, 4) is 0 Å². The summed E-state index contributed by atoms with van der Waals surface area (Å²) in [6.07, 6.45) is 1.24. The summed E-state index contributed by atoms with van der Waals surface area (Å²) in [5.41, 5.74) is 9.11. The van der Waals surface area contributed by atoms with Crippen LogP contribution in [0, 0.1) is 5.82 Å². The standard InChI is InChI=1S/C13H12FN3/c14-10-4-5-13(16-6-10)17-7-9-2-1-3-12(15)11(9)8-17/h1-6H,7-8,15H2. The van der Waals surface area contributed by atoms with E-state index in [1.165, 1.54) is 17.8 Å². The number of fused-ring (bicyclic) bond motifs is 1. The highest BCUT2D eigenvalue weighted by Crippen LogP contribution is 2.30. The summed E-state index contributed by atoms with van der Waals surface area (Å²) in [6.45, 7) is 1.51. The zero-order valence-electron chi connectivity index (χ0n) is 9.23. The molecule has 2 N–H and O–H groups in total. The summed E-state index contributed by atoms with van der Waals surface area (Å²) in [4.78, 5) is 6.17. The highest BCUT2D eigenvalue weighted by molar-refractivity contribution is 5.57. The highest BCUT2D eigenvalue weighted by Gasteiger charge is 2.21. The fourth-order valence-corrected chi connectivity index (χ4v) is 2.16. The van der Waals surface area contributed by atoms with Crippen molar-refractivity contribution in [1.82, 2.24) is 4.98 Å². The summed E-state index contributed by atoms with van der Waals surface area (Å²) >= 11 is 0. The Morgan fingerprint density at radius 1 is 1.18 bits per heavy atom. The van der Waals surface area contributed by atoms with E-state index in [4.69, 9.17) is 5.73 Å². The second-order valence-electron chi connectivity index (χ2n) is 4.18. The van der Waals surface area contributed by atoms with Crippen LogP contribution in [0.4, 0.5) is 15.9 Å². The molecule has 2 aromatic rings. The topological polar surface area (TPSA) is 42.1 Å². The Morgan fingerprint density at radius 2 is 2.06 bits per heavy atom. The van der Waals surface area contributed by atoms with E-state index in [0.717, 1.165) is 30.2 Å². The molecule has 1 aliphatic heterocycles. The number of nitrogens with two attached hydrogens (primary N) is 1. The van der Waals surface area contributed by atoms with Gasteiger partial charge in [-0.3, -0.25) is 0 Å². The molecule has 17 heavy (non-hydrogen) atoms. The van der Waals surface area contributed by atoms with Crippen LogP contribution < -0.4 is 10.6 Å². The van der Waals surface area contributed by atoms with Crippen molar-refractivity contribution in [1.29, 1.82) is 0 Å². The monoisotopic (exact) mass is 229 g/mol. The second kappa shape index (κ2) is 3.73. The molecule has 0 saturated carbocycles. The molecule has 0 spiro atoms. The predicted octanol–water partition coefficient (Wildman–Crippen LogP) is 2.32. The van der Waals surface area contributed by atoms with Gasteiger partial charge in [0.25, 0.3) is 0 Å². The minimum absolute atomic E-state index is 0.315. The van der Waals surface area contributed by atoms with Crippen LogP contribution in [0.1, 0.15) is 11.1 Å². The lowest BCUT2D eigenvalue weighted by Gasteiger charge is -2.15. The molecule has 0 aliphatic carbocycles.